The highest BCUT2D eigenvalue weighted by molar-refractivity contribution is 6.30. The van der Waals surface area contributed by atoms with Gasteiger partial charge in [0.2, 0.25) is 5.91 Å². The molecule has 3 rings (SSSR count). The van der Waals surface area contributed by atoms with Crippen LogP contribution in [0.5, 0.6) is 0 Å². The number of halogens is 1. The first-order valence-corrected chi connectivity index (χ1v) is 8.76. The zero-order chi connectivity index (χ0) is 18.4. The monoisotopic (exact) mass is 373 g/mol. The lowest BCUT2D eigenvalue weighted by atomic mass is 10.1. The van der Waals surface area contributed by atoms with Crippen molar-refractivity contribution in [3.63, 3.8) is 0 Å². The highest BCUT2D eigenvalue weighted by Crippen LogP contribution is 2.16. The summed E-state index contributed by atoms with van der Waals surface area (Å²) in [6.07, 6.45) is 0. The Morgan fingerprint density at radius 3 is 2.54 bits per heavy atom. The number of carbonyl (C=O) groups is 2. The number of carbonyl (C=O) groups excluding carboxylic acids is 2. The molecule has 0 radical (unpaired) electrons. The van der Waals surface area contributed by atoms with Crippen LogP contribution in [-0.2, 0) is 9.53 Å². The average molecular weight is 374 g/mol. The van der Waals surface area contributed by atoms with E-state index in [9.17, 15) is 9.59 Å². The molecule has 0 unspecified atom stereocenters. The number of hydrogen-bond acceptors (Lipinski definition) is 4. The van der Waals surface area contributed by atoms with E-state index in [1.54, 1.807) is 47.4 Å². The molecule has 26 heavy (non-hydrogen) atoms. The smallest absolute Gasteiger partial charge is 0.254 e. The van der Waals surface area contributed by atoms with Crippen molar-refractivity contribution in [3.8, 4) is 0 Å². The summed E-state index contributed by atoms with van der Waals surface area (Å²) < 4.78 is 5.27. The van der Waals surface area contributed by atoms with Gasteiger partial charge >= 0.3 is 0 Å². The van der Waals surface area contributed by atoms with Crippen molar-refractivity contribution in [1.29, 1.82) is 0 Å². The molecule has 2 N–H and O–H groups in total. The van der Waals surface area contributed by atoms with Gasteiger partial charge in [-0.3, -0.25) is 9.59 Å². The Hall–Kier alpha value is -2.57. The highest BCUT2D eigenvalue weighted by atomic mass is 35.5. The van der Waals surface area contributed by atoms with Gasteiger partial charge in [0.05, 0.1) is 19.8 Å². The van der Waals surface area contributed by atoms with Crippen LogP contribution >= 0.6 is 11.6 Å². The van der Waals surface area contributed by atoms with Gasteiger partial charge in [-0.05, 0) is 36.4 Å². The van der Waals surface area contributed by atoms with E-state index >= 15 is 0 Å². The maximum absolute atomic E-state index is 12.5. The number of rotatable bonds is 5. The predicted molar refractivity (Wildman–Crippen MR) is 102 cm³/mol. The Morgan fingerprint density at radius 1 is 1.04 bits per heavy atom. The lowest BCUT2D eigenvalue weighted by molar-refractivity contribution is -0.114. The molecule has 1 aliphatic heterocycles. The fourth-order valence-corrected chi connectivity index (χ4v) is 2.86. The number of nitrogens with one attached hydrogen (secondary N) is 2. The molecule has 0 aromatic heterocycles. The zero-order valence-corrected chi connectivity index (χ0v) is 15.0. The molecule has 0 bridgehead atoms. The van der Waals surface area contributed by atoms with Crippen LogP contribution in [0.15, 0.2) is 48.5 Å². The Balaban J connectivity index is 1.56. The third-order valence-electron chi connectivity index (χ3n) is 3.97. The molecule has 2 amide bonds. The van der Waals surface area contributed by atoms with Crippen molar-refractivity contribution in [2.24, 2.45) is 0 Å². The van der Waals surface area contributed by atoms with Crippen molar-refractivity contribution < 1.29 is 14.3 Å². The minimum Gasteiger partial charge on any atom is -0.378 e. The molecule has 0 saturated carbocycles. The van der Waals surface area contributed by atoms with Crippen molar-refractivity contribution >= 4 is 34.8 Å². The van der Waals surface area contributed by atoms with Gasteiger partial charge in [-0.1, -0.05) is 23.7 Å². The fourth-order valence-electron chi connectivity index (χ4n) is 2.66. The van der Waals surface area contributed by atoms with Gasteiger partial charge in [0, 0.05) is 35.1 Å². The van der Waals surface area contributed by atoms with Crippen molar-refractivity contribution in [2.45, 2.75) is 0 Å². The van der Waals surface area contributed by atoms with Gasteiger partial charge in [0.25, 0.3) is 5.91 Å². The Morgan fingerprint density at radius 2 is 1.77 bits per heavy atom. The standard InChI is InChI=1S/C19H20ClN3O3/c20-15-4-2-6-17(12-15)22-18(24)13-21-16-5-1-3-14(11-16)19(25)23-7-9-26-10-8-23/h1-6,11-12,21H,7-10,13H2,(H,22,24). The van der Waals surface area contributed by atoms with E-state index in [-0.39, 0.29) is 18.4 Å². The molecule has 1 heterocycles. The van der Waals surface area contributed by atoms with Crippen molar-refractivity contribution in [1.82, 2.24) is 4.90 Å². The van der Waals surface area contributed by atoms with E-state index in [0.717, 1.165) is 0 Å². The molecule has 2 aromatic carbocycles. The molecule has 1 aliphatic rings. The lowest BCUT2D eigenvalue weighted by Crippen LogP contribution is -2.40. The summed E-state index contributed by atoms with van der Waals surface area (Å²) in [6.45, 7) is 2.40. The van der Waals surface area contributed by atoms with Crippen LogP contribution in [0.25, 0.3) is 0 Å². The van der Waals surface area contributed by atoms with E-state index in [2.05, 4.69) is 10.6 Å². The van der Waals surface area contributed by atoms with Crippen LogP contribution in [0.3, 0.4) is 0 Å². The third-order valence-corrected chi connectivity index (χ3v) is 4.20. The van der Waals surface area contributed by atoms with Crippen molar-refractivity contribution in [3.05, 3.63) is 59.1 Å². The highest BCUT2D eigenvalue weighted by Gasteiger charge is 2.18. The van der Waals surface area contributed by atoms with Crippen LogP contribution in [0.1, 0.15) is 10.4 Å². The molecule has 7 heteroatoms. The Labute approximate surface area is 157 Å². The van der Waals surface area contributed by atoms with Gasteiger partial charge in [-0.25, -0.2) is 0 Å². The fraction of sp³-hybridized carbons (Fsp3) is 0.263. The molecule has 0 aliphatic carbocycles. The average Bonchev–Trinajstić information content (AvgIpc) is 2.67. The normalized spacial score (nSPS) is 14.0. The van der Waals surface area contributed by atoms with Gasteiger partial charge in [0.15, 0.2) is 0 Å². The van der Waals surface area contributed by atoms with Crippen LogP contribution in [0.2, 0.25) is 5.02 Å². The third kappa shape index (κ3) is 4.97. The van der Waals surface area contributed by atoms with Gasteiger partial charge in [-0.2, -0.15) is 0 Å². The molecule has 0 atom stereocenters. The van der Waals surface area contributed by atoms with Gasteiger partial charge < -0.3 is 20.3 Å². The van der Waals surface area contributed by atoms with Crippen LogP contribution in [0, 0.1) is 0 Å². The van der Waals surface area contributed by atoms with Gasteiger partial charge in [-0.15, -0.1) is 0 Å². The Bertz CT molecular complexity index is 791. The number of benzene rings is 2. The number of ether oxygens (including phenoxy) is 1. The second-order valence-corrected chi connectivity index (χ2v) is 6.33. The predicted octanol–water partition coefficient (Wildman–Crippen LogP) is 2.86. The zero-order valence-electron chi connectivity index (χ0n) is 14.2. The second-order valence-electron chi connectivity index (χ2n) is 5.90. The van der Waals surface area contributed by atoms with E-state index in [4.69, 9.17) is 16.3 Å². The lowest BCUT2D eigenvalue weighted by Gasteiger charge is -2.27. The first-order valence-electron chi connectivity index (χ1n) is 8.38. The minimum atomic E-state index is -0.197. The SMILES string of the molecule is O=C(CNc1cccc(C(=O)N2CCOCC2)c1)Nc1cccc(Cl)c1. The molecule has 0 spiro atoms. The summed E-state index contributed by atoms with van der Waals surface area (Å²) in [5.74, 6) is -0.225. The maximum Gasteiger partial charge on any atom is 0.254 e. The number of morpholine rings is 1. The van der Waals surface area contributed by atoms with Crippen LogP contribution in [-0.4, -0.2) is 49.6 Å². The first-order chi connectivity index (χ1) is 12.6. The van der Waals surface area contributed by atoms with Crippen molar-refractivity contribution in [2.75, 3.05) is 43.5 Å². The topological polar surface area (TPSA) is 70.7 Å². The summed E-state index contributed by atoms with van der Waals surface area (Å²) in [7, 11) is 0. The molecular formula is C19H20ClN3O3. The summed E-state index contributed by atoms with van der Waals surface area (Å²) in [4.78, 5) is 26.3. The van der Waals surface area contributed by atoms with Crippen LogP contribution in [0.4, 0.5) is 11.4 Å². The summed E-state index contributed by atoms with van der Waals surface area (Å²) >= 11 is 5.90. The van der Waals surface area contributed by atoms with E-state index < -0.39 is 0 Å². The largest absolute Gasteiger partial charge is 0.378 e. The minimum absolute atomic E-state index is 0.0275. The van der Waals surface area contributed by atoms with Gasteiger partial charge in [0.1, 0.15) is 0 Å². The Kier molecular flexibility index (Phi) is 6.09. The maximum atomic E-state index is 12.5. The summed E-state index contributed by atoms with van der Waals surface area (Å²) in [5, 5.41) is 6.36. The molecule has 1 fully saturated rings. The van der Waals surface area contributed by atoms with Crippen LogP contribution < -0.4 is 10.6 Å². The summed E-state index contributed by atoms with van der Waals surface area (Å²) in [5.41, 5.74) is 1.94. The second kappa shape index (κ2) is 8.69. The number of amides is 2. The van der Waals surface area contributed by atoms with E-state index in [1.807, 2.05) is 6.07 Å². The molecule has 2 aromatic rings. The van der Waals surface area contributed by atoms with E-state index in [1.165, 1.54) is 0 Å². The molecule has 6 nitrogen and oxygen atoms in total. The number of anilines is 2. The number of nitrogens with zero attached hydrogens (tertiary/aromatic N) is 1. The number of hydrogen-bond donors (Lipinski definition) is 2. The molecule has 1 saturated heterocycles. The van der Waals surface area contributed by atoms with E-state index in [0.29, 0.717) is 48.3 Å². The summed E-state index contributed by atoms with van der Waals surface area (Å²) in [6, 6.07) is 14.1. The molecular weight excluding hydrogens is 354 g/mol. The first kappa shape index (κ1) is 18.2. The molecule has 136 valence electrons. The quantitative estimate of drug-likeness (QED) is 0.845.